The molecule has 0 unspecified atom stereocenters. The van der Waals surface area contributed by atoms with Crippen molar-refractivity contribution in [1.29, 1.82) is 0 Å². The Morgan fingerprint density at radius 1 is 0.588 bits per heavy atom. The van der Waals surface area contributed by atoms with Crippen LogP contribution in [-0.2, 0) is 25.7 Å². The van der Waals surface area contributed by atoms with Gasteiger partial charge in [-0.3, -0.25) is 0 Å². The van der Waals surface area contributed by atoms with E-state index in [9.17, 15) is 0 Å². The SMILES string of the molecule is CCCCc1ccc(Cc2nc3nc(N)nc(N)c3nc2Cc2ccc(CCCC)cc2)cc1. The van der Waals surface area contributed by atoms with Gasteiger partial charge >= 0.3 is 0 Å². The van der Waals surface area contributed by atoms with Gasteiger partial charge < -0.3 is 11.5 Å². The van der Waals surface area contributed by atoms with Gasteiger partial charge in [0.05, 0.1) is 11.4 Å². The van der Waals surface area contributed by atoms with Crippen LogP contribution in [0.1, 0.15) is 73.2 Å². The number of benzene rings is 2. The summed E-state index contributed by atoms with van der Waals surface area (Å²) in [6.07, 6.45) is 8.38. The molecule has 0 fully saturated rings. The molecule has 0 atom stereocenters. The van der Waals surface area contributed by atoms with E-state index in [1.165, 1.54) is 47.9 Å². The lowest BCUT2D eigenvalue weighted by molar-refractivity contribution is 0.794. The van der Waals surface area contributed by atoms with Gasteiger partial charge in [-0.15, -0.1) is 0 Å². The minimum absolute atomic E-state index is 0.112. The van der Waals surface area contributed by atoms with Gasteiger partial charge in [-0.1, -0.05) is 75.2 Å². The van der Waals surface area contributed by atoms with Crippen molar-refractivity contribution in [2.45, 2.75) is 65.2 Å². The molecule has 2 heterocycles. The largest absolute Gasteiger partial charge is 0.382 e. The highest BCUT2D eigenvalue weighted by molar-refractivity contribution is 5.82. The van der Waals surface area contributed by atoms with E-state index in [0.29, 0.717) is 24.0 Å². The lowest BCUT2D eigenvalue weighted by Gasteiger charge is -2.12. The molecule has 0 bridgehead atoms. The second kappa shape index (κ2) is 11.1. The quantitative estimate of drug-likeness (QED) is 0.330. The lowest BCUT2D eigenvalue weighted by Crippen LogP contribution is -2.09. The molecule has 0 aliphatic carbocycles. The molecule has 4 rings (SSSR count). The van der Waals surface area contributed by atoms with Crippen LogP contribution in [0.2, 0.25) is 0 Å². The summed E-state index contributed by atoms with van der Waals surface area (Å²) < 4.78 is 0. The van der Waals surface area contributed by atoms with Gasteiger partial charge in [0.1, 0.15) is 0 Å². The molecule has 6 heteroatoms. The summed E-state index contributed by atoms with van der Waals surface area (Å²) in [5, 5.41) is 0. The summed E-state index contributed by atoms with van der Waals surface area (Å²) in [5.41, 5.74) is 19.8. The highest BCUT2D eigenvalue weighted by Crippen LogP contribution is 2.22. The zero-order valence-corrected chi connectivity index (χ0v) is 20.2. The number of nitrogens with two attached hydrogens (primary N) is 2. The Hall–Kier alpha value is -3.54. The summed E-state index contributed by atoms with van der Waals surface area (Å²) in [7, 11) is 0. The smallest absolute Gasteiger partial charge is 0.224 e. The second-order valence-electron chi connectivity index (χ2n) is 8.95. The molecule has 34 heavy (non-hydrogen) atoms. The van der Waals surface area contributed by atoms with Crippen LogP contribution in [0, 0.1) is 0 Å². The Kier molecular flexibility index (Phi) is 7.68. The fourth-order valence-electron chi connectivity index (χ4n) is 4.13. The van der Waals surface area contributed by atoms with Gasteiger partial charge in [0.25, 0.3) is 0 Å². The van der Waals surface area contributed by atoms with Crippen molar-refractivity contribution in [2.24, 2.45) is 0 Å². The number of aromatic nitrogens is 4. The van der Waals surface area contributed by atoms with Gasteiger partial charge in [0, 0.05) is 12.8 Å². The van der Waals surface area contributed by atoms with E-state index in [4.69, 9.17) is 21.4 Å². The topological polar surface area (TPSA) is 104 Å². The first kappa shape index (κ1) is 23.6. The van der Waals surface area contributed by atoms with Crippen molar-refractivity contribution < 1.29 is 0 Å². The van der Waals surface area contributed by atoms with E-state index >= 15 is 0 Å². The molecular formula is C28H34N6. The molecule has 0 aliphatic heterocycles. The molecule has 2 aromatic carbocycles. The third kappa shape index (κ3) is 5.87. The van der Waals surface area contributed by atoms with E-state index in [2.05, 4.69) is 72.3 Å². The summed E-state index contributed by atoms with van der Waals surface area (Å²) in [5.74, 6) is 0.374. The van der Waals surface area contributed by atoms with Crippen LogP contribution in [-0.4, -0.2) is 19.9 Å². The molecule has 0 amide bonds. The number of nitrogen functional groups attached to an aromatic ring is 2. The van der Waals surface area contributed by atoms with E-state index in [0.717, 1.165) is 24.2 Å². The van der Waals surface area contributed by atoms with Crippen LogP contribution in [0.25, 0.3) is 11.2 Å². The first-order chi connectivity index (χ1) is 16.6. The third-order valence-electron chi connectivity index (χ3n) is 6.16. The number of fused-ring (bicyclic) bond motifs is 1. The number of nitrogens with zero attached hydrogens (tertiary/aromatic N) is 4. The van der Waals surface area contributed by atoms with Crippen molar-refractivity contribution in [1.82, 2.24) is 19.9 Å². The van der Waals surface area contributed by atoms with Crippen LogP contribution in [0.15, 0.2) is 48.5 Å². The summed E-state index contributed by atoms with van der Waals surface area (Å²) in [6.45, 7) is 4.44. The van der Waals surface area contributed by atoms with Crippen LogP contribution < -0.4 is 11.5 Å². The maximum absolute atomic E-state index is 6.11. The molecule has 0 saturated heterocycles. The van der Waals surface area contributed by atoms with Crippen molar-refractivity contribution in [3.8, 4) is 0 Å². The molecule has 6 nitrogen and oxygen atoms in total. The van der Waals surface area contributed by atoms with Crippen molar-refractivity contribution in [3.05, 3.63) is 82.2 Å². The fraction of sp³-hybridized carbons (Fsp3) is 0.357. The second-order valence-corrected chi connectivity index (χ2v) is 8.95. The number of rotatable bonds is 10. The summed E-state index contributed by atoms with van der Waals surface area (Å²) >= 11 is 0. The van der Waals surface area contributed by atoms with Crippen LogP contribution in [0.3, 0.4) is 0 Å². The van der Waals surface area contributed by atoms with Crippen molar-refractivity contribution >= 4 is 22.9 Å². The summed E-state index contributed by atoms with van der Waals surface area (Å²) in [6, 6.07) is 17.6. The number of aryl methyl sites for hydroxylation is 2. The third-order valence-corrected chi connectivity index (χ3v) is 6.16. The van der Waals surface area contributed by atoms with Crippen LogP contribution >= 0.6 is 0 Å². The predicted molar refractivity (Wildman–Crippen MR) is 140 cm³/mol. The van der Waals surface area contributed by atoms with Gasteiger partial charge in [-0.2, -0.15) is 9.97 Å². The first-order valence-corrected chi connectivity index (χ1v) is 12.3. The van der Waals surface area contributed by atoms with Crippen molar-refractivity contribution in [3.63, 3.8) is 0 Å². The monoisotopic (exact) mass is 454 g/mol. The predicted octanol–water partition coefficient (Wildman–Crippen LogP) is 5.45. The molecule has 4 N–H and O–H groups in total. The maximum Gasteiger partial charge on any atom is 0.224 e. The maximum atomic E-state index is 6.11. The van der Waals surface area contributed by atoms with E-state index in [1.807, 2.05) is 0 Å². The Labute approximate surface area is 201 Å². The molecular weight excluding hydrogens is 420 g/mol. The van der Waals surface area contributed by atoms with E-state index in [1.54, 1.807) is 0 Å². The zero-order chi connectivity index (χ0) is 23.9. The minimum atomic E-state index is 0.112. The fourth-order valence-corrected chi connectivity index (χ4v) is 4.13. The molecule has 0 spiro atoms. The van der Waals surface area contributed by atoms with E-state index in [-0.39, 0.29) is 11.8 Å². The molecule has 4 aromatic rings. The Morgan fingerprint density at radius 2 is 1.06 bits per heavy atom. The highest BCUT2D eigenvalue weighted by atomic mass is 15.1. The molecule has 176 valence electrons. The first-order valence-electron chi connectivity index (χ1n) is 12.3. The number of unbranched alkanes of at least 4 members (excludes halogenated alkanes) is 2. The lowest BCUT2D eigenvalue weighted by atomic mass is 10.00. The highest BCUT2D eigenvalue weighted by Gasteiger charge is 2.15. The summed E-state index contributed by atoms with van der Waals surface area (Å²) in [4.78, 5) is 18.1. The Bertz CT molecular complexity index is 1230. The average Bonchev–Trinajstić information content (AvgIpc) is 2.84. The number of anilines is 2. The van der Waals surface area contributed by atoms with Gasteiger partial charge in [-0.05, 0) is 47.9 Å². The van der Waals surface area contributed by atoms with Crippen LogP contribution in [0.4, 0.5) is 11.8 Å². The molecule has 0 radical (unpaired) electrons. The van der Waals surface area contributed by atoms with Gasteiger partial charge in [0.2, 0.25) is 5.95 Å². The molecule has 0 aliphatic rings. The van der Waals surface area contributed by atoms with Gasteiger partial charge in [0.15, 0.2) is 17.0 Å². The minimum Gasteiger partial charge on any atom is -0.382 e. The van der Waals surface area contributed by atoms with Crippen molar-refractivity contribution in [2.75, 3.05) is 11.5 Å². The standard InChI is InChI=1S/C28H34N6/c1-3-5-7-19-9-13-21(14-10-19)17-23-24(18-22-15-11-20(12-16-22)8-6-4-2)32-27-25(31-23)26(29)33-28(30)34-27/h9-16H,3-8,17-18H2,1-2H3,(H4,29,30,32,33,34). The normalized spacial score (nSPS) is 11.2. The van der Waals surface area contributed by atoms with E-state index < -0.39 is 0 Å². The average molecular weight is 455 g/mol. The van der Waals surface area contributed by atoms with Crippen LogP contribution in [0.5, 0.6) is 0 Å². The Morgan fingerprint density at radius 3 is 1.56 bits per heavy atom. The Balaban J connectivity index is 1.65. The number of hydrogen-bond donors (Lipinski definition) is 2. The molecule has 2 aromatic heterocycles. The van der Waals surface area contributed by atoms with Gasteiger partial charge in [-0.25, -0.2) is 9.97 Å². The zero-order valence-electron chi connectivity index (χ0n) is 20.2. The number of hydrogen-bond acceptors (Lipinski definition) is 6. The molecule has 0 saturated carbocycles.